The molecule has 2 rings (SSSR count). The highest BCUT2D eigenvalue weighted by Gasteiger charge is 2.32. The van der Waals surface area contributed by atoms with Gasteiger partial charge in [0.25, 0.3) is 0 Å². The molecule has 2 heterocycles. The molecule has 20 heavy (non-hydrogen) atoms. The van der Waals surface area contributed by atoms with Crippen molar-refractivity contribution in [3.05, 3.63) is 18.3 Å². The van der Waals surface area contributed by atoms with Crippen molar-refractivity contribution in [2.45, 2.75) is 32.3 Å². The first-order valence-electron chi connectivity index (χ1n) is 7.06. The first-order valence-corrected chi connectivity index (χ1v) is 7.06. The van der Waals surface area contributed by atoms with Gasteiger partial charge < -0.3 is 14.4 Å². The minimum atomic E-state index is -0.0548. The maximum atomic E-state index is 12.6. The van der Waals surface area contributed by atoms with Crippen LogP contribution in [0.15, 0.2) is 18.3 Å². The largest absolute Gasteiger partial charge is 0.481 e. The fraction of sp³-hybridized carbons (Fsp3) is 0.600. The zero-order valence-electron chi connectivity index (χ0n) is 12.3. The summed E-state index contributed by atoms with van der Waals surface area (Å²) in [6, 6.07) is 3.60. The Morgan fingerprint density at radius 2 is 2.35 bits per heavy atom. The summed E-state index contributed by atoms with van der Waals surface area (Å²) in [5.41, 5.74) is 0.774. The van der Waals surface area contributed by atoms with Gasteiger partial charge in [0.1, 0.15) is 0 Å². The van der Waals surface area contributed by atoms with Crippen LogP contribution in [0.2, 0.25) is 0 Å². The van der Waals surface area contributed by atoms with Crippen molar-refractivity contribution in [3.63, 3.8) is 0 Å². The predicted octanol–water partition coefficient (Wildman–Crippen LogP) is 2.26. The highest BCUT2D eigenvalue weighted by atomic mass is 16.5. The van der Waals surface area contributed by atoms with E-state index in [2.05, 4.69) is 11.9 Å². The van der Waals surface area contributed by atoms with E-state index < -0.39 is 0 Å². The molecule has 0 N–H and O–H groups in total. The molecule has 5 nitrogen and oxygen atoms in total. The number of rotatable bonds is 4. The number of aromatic nitrogens is 1. The van der Waals surface area contributed by atoms with Gasteiger partial charge in [-0.25, -0.2) is 4.98 Å². The maximum Gasteiger partial charge on any atom is 0.232 e. The summed E-state index contributed by atoms with van der Waals surface area (Å²) in [6.07, 6.45) is 4.39. The summed E-state index contributed by atoms with van der Waals surface area (Å²) < 4.78 is 10.7. The Morgan fingerprint density at radius 1 is 1.55 bits per heavy atom. The van der Waals surface area contributed by atoms with Crippen LogP contribution in [0.1, 0.15) is 26.2 Å². The lowest BCUT2D eigenvalue weighted by Crippen LogP contribution is -2.42. The molecular formula is C15H22N2O3. The van der Waals surface area contributed by atoms with Crippen LogP contribution in [-0.2, 0) is 9.53 Å². The number of methoxy groups -OCH3 is 1. The zero-order chi connectivity index (χ0) is 14.5. The Morgan fingerprint density at radius 3 is 2.95 bits per heavy atom. The van der Waals surface area contributed by atoms with Crippen molar-refractivity contribution < 1.29 is 14.3 Å². The van der Waals surface area contributed by atoms with Crippen molar-refractivity contribution in [3.8, 4) is 5.88 Å². The topological polar surface area (TPSA) is 51.7 Å². The molecule has 0 spiro atoms. The molecule has 1 amide bonds. The van der Waals surface area contributed by atoms with Crippen LogP contribution >= 0.6 is 0 Å². The zero-order valence-corrected chi connectivity index (χ0v) is 12.3. The van der Waals surface area contributed by atoms with Crippen molar-refractivity contribution in [1.82, 2.24) is 4.98 Å². The number of carbonyl (C=O) groups is 1. The van der Waals surface area contributed by atoms with Crippen LogP contribution in [0, 0.1) is 5.92 Å². The average molecular weight is 278 g/mol. The summed E-state index contributed by atoms with van der Waals surface area (Å²) in [7, 11) is 3.36. The van der Waals surface area contributed by atoms with Crippen LogP contribution in [0.25, 0.3) is 0 Å². The van der Waals surface area contributed by atoms with E-state index in [4.69, 9.17) is 9.47 Å². The third-order valence-electron chi connectivity index (χ3n) is 3.81. The van der Waals surface area contributed by atoms with Gasteiger partial charge in [-0.1, -0.05) is 6.92 Å². The third-order valence-corrected chi connectivity index (χ3v) is 3.81. The summed E-state index contributed by atoms with van der Waals surface area (Å²) in [5.74, 6) is 0.589. The van der Waals surface area contributed by atoms with Crippen LogP contribution in [-0.4, -0.2) is 37.8 Å². The van der Waals surface area contributed by atoms with Crippen LogP contribution in [0.3, 0.4) is 0 Å². The van der Waals surface area contributed by atoms with Gasteiger partial charge in [-0.15, -0.1) is 0 Å². The fourth-order valence-corrected chi connectivity index (χ4v) is 2.59. The molecule has 110 valence electrons. The van der Waals surface area contributed by atoms with E-state index in [1.165, 1.54) is 0 Å². The van der Waals surface area contributed by atoms with Gasteiger partial charge in [0, 0.05) is 19.7 Å². The Labute approximate surface area is 119 Å². The molecule has 1 aliphatic heterocycles. The minimum Gasteiger partial charge on any atom is -0.481 e. The summed E-state index contributed by atoms with van der Waals surface area (Å²) in [6.45, 7) is 2.82. The molecule has 5 heteroatoms. The predicted molar refractivity (Wildman–Crippen MR) is 77.0 cm³/mol. The van der Waals surface area contributed by atoms with E-state index in [1.807, 2.05) is 6.07 Å². The standard InChI is InChI=1S/C15H22N2O3/c1-4-13-12(6-5-9-20-13)15(18)17(2)11-7-8-14(19-3)16-10-11/h7-8,10,12-13H,4-6,9H2,1-3H3/t12-,13+/m1/s1. The van der Waals surface area contributed by atoms with Gasteiger partial charge in [0.05, 0.1) is 31.0 Å². The Kier molecular flexibility index (Phi) is 4.95. The third kappa shape index (κ3) is 3.10. The van der Waals surface area contributed by atoms with Crippen LogP contribution < -0.4 is 9.64 Å². The van der Waals surface area contributed by atoms with E-state index in [9.17, 15) is 4.79 Å². The second kappa shape index (κ2) is 6.70. The molecule has 1 aromatic heterocycles. The normalized spacial score (nSPS) is 22.4. The lowest BCUT2D eigenvalue weighted by Gasteiger charge is -2.32. The number of hydrogen-bond donors (Lipinski definition) is 0. The van der Waals surface area contributed by atoms with Gasteiger partial charge in [-0.3, -0.25) is 4.79 Å². The number of ether oxygens (including phenoxy) is 2. The van der Waals surface area contributed by atoms with E-state index in [0.29, 0.717) is 5.88 Å². The molecule has 1 aliphatic rings. The quantitative estimate of drug-likeness (QED) is 0.847. The first-order chi connectivity index (χ1) is 9.67. The van der Waals surface area contributed by atoms with Gasteiger partial charge in [0.2, 0.25) is 11.8 Å². The summed E-state index contributed by atoms with van der Waals surface area (Å²) in [4.78, 5) is 18.4. The second-order valence-electron chi connectivity index (χ2n) is 5.02. The van der Waals surface area contributed by atoms with Gasteiger partial charge >= 0.3 is 0 Å². The molecule has 0 unspecified atom stereocenters. The monoisotopic (exact) mass is 278 g/mol. The number of nitrogens with zero attached hydrogens (tertiary/aromatic N) is 2. The molecule has 0 saturated carbocycles. The Hall–Kier alpha value is -1.62. The van der Waals surface area contributed by atoms with E-state index >= 15 is 0 Å². The first kappa shape index (κ1) is 14.8. The lowest BCUT2D eigenvalue weighted by atomic mass is 9.91. The molecule has 1 fully saturated rings. The number of amides is 1. The molecule has 2 atom stereocenters. The number of hydrogen-bond acceptors (Lipinski definition) is 4. The Bertz CT molecular complexity index is 447. The fourth-order valence-electron chi connectivity index (χ4n) is 2.59. The SMILES string of the molecule is CC[C@@H]1OCCC[C@H]1C(=O)N(C)c1ccc(OC)nc1. The van der Waals surface area contributed by atoms with E-state index in [0.717, 1.165) is 31.6 Å². The Balaban J connectivity index is 2.10. The highest BCUT2D eigenvalue weighted by molar-refractivity contribution is 5.94. The van der Waals surface area contributed by atoms with Crippen molar-refractivity contribution >= 4 is 11.6 Å². The minimum absolute atomic E-state index is 0.0323. The molecule has 1 saturated heterocycles. The molecule has 1 aromatic rings. The number of pyridine rings is 1. The summed E-state index contributed by atoms with van der Waals surface area (Å²) >= 11 is 0. The highest BCUT2D eigenvalue weighted by Crippen LogP contribution is 2.27. The molecule has 0 bridgehead atoms. The van der Waals surface area contributed by atoms with Crippen molar-refractivity contribution in [2.24, 2.45) is 5.92 Å². The smallest absolute Gasteiger partial charge is 0.232 e. The summed E-state index contributed by atoms with van der Waals surface area (Å²) in [5, 5.41) is 0. The molecule has 0 radical (unpaired) electrons. The molecule has 0 aliphatic carbocycles. The lowest BCUT2D eigenvalue weighted by molar-refractivity contribution is -0.131. The van der Waals surface area contributed by atoms with Crippen LogP contribution in [0.5, 0.6) is 5.88 Å². The average Bonchev–Trinajstić information content (AvgIpc) is 2.53. The van der Waals surface area contributed by atoms with Crippen molar-refractivity contribution in [2.75, 3.05) is 25.7 Å². The molecular weight excluding hydrogens is 256 g/mol. The van der Waals surface area contributed by atoms with Gasteiger partial charge in [0.15, 0.2) is 0 Å². The molecule has 0 aromatic carbocycles. The number of anilines is 1. The van der Waals surface area contributed by atoms with Gasteiger partial charge in [-0.2, -0.15) is 0 Å². The van der Waals surface area contributed by atoms with E-state index in [1.54, 1.807) is 31.3 Å². The van der Waals surface area contributed by atoms with Gasteiger partial charge in [-0.05, 0) is 25.3 Å². The van der Waals surface area contributed by atoms with Crippen LogP contribution in [0.4, 0.5) is 5.69 Å². The maximum absolute atomic E-state index is 12.6. The number of carbonyl (C=O) groups excluding carboxylic acids is 1. The van der Waals surface area contributed by atoms with Crippen molar-refractivity contribution in [1.29, 1.82) is 0 Å². The second-order valence-corrected chi connectivity index (χ2v) is 5.02. The van der Waals surface area contributed by atoms with E-state index in [-0.39, 0.29) is 17.9 Å².